The first kappa shape index (κ1) is 16.3. The van der Waals surface area contributed by atoms with E-state index in [1.54, 1.807) is 0 Å². The number of ether oxygens (including phenoxy) is 1. The molecule has 2 rings (SSSR count). The van der Waals surface area contributed by atoms with Gasteiger partial charge < -0.3 is 10.1 Å². The predicted octanol–water partition coefficient (Wildman–Crippen LogP) is 3.00. The summed E-state index contributed by atoms with van der Waals surface area (Å²) < 4.78 is 5.67. The Morgan fingerprint density at radius 3 is 2.52 bits per heavy atom. The number of amides is 1. The number of benzene rings is 1. The molecule has 0 spiro atoms. The van der Waals surface area contributed by atoms with Crippen molar-refractivity contribution in [3.63, 3.8) is 0 Å². The third kappa shape index (κ3) is 4.43. The van der Waals surface area contributed by atoms with Gasteiger partial charge in [0.15, 0.2) is 0 Å². The minimum absolute atomic E-state index is 0.0369. The van der Waals surface area contributed by atoms with Crippen molar-refractivity contribution in [1.82, 2.24) is 4.90 Å². The topological polar surface area (TPSA) is 41.6 Å². The predicted molar refractivity (Wildman–Crippen MR) is 86.0 cm³/mol. The Balaban J connectivity index is 1.99. The molecule has 0 aliphatic carbocycles. The Labute approximate surface area is 131 Å². The molecule has 0 aromatic heterocycles. The van der Waals surface area contributed by atoms with Gasteiger partial charge >= 0.3 is 0 Å². The largest absolute Gasteiger partial charge is 0.373 e. The average molecular weight is 311 g/mol. The molecule has 1 amide bonds. The number of aryl methyl sites for hydroxylation is 2. The van der Waals surface area contributed by atoms with Gasteiger partial charge in [0.05, 0.1) is 29.5 Å². The highest BCUT2D eigenvalue weighted by Gasteiger charge is 2.24. The molecule has 2 atom stereocenters. The fourth-order valence-electron chi connectivity index (χ4n) is 2.87. The minimum atomic E-state index is -0.0369. The van der Waals surface area contributed by atoms with Crippen LogP contribution in [0.5, 0.6) is 0 Å². The monoisotopic (exact) mass is 310 g/mol. The van der Waals surface area contributed by atoms with E-state index in [0.29, 0.717) is 17.3 Å². The Bertz CT molecular complexity index is 500. The van der Waals surface area contributed by atoms with E-state index in [0.717, 1.165) is 24.2 Å². The summed E-state index contributed by atoms with van der Waals surface area (Å²) in [4.78, 5) is 14.3. The summed E-state index contributed by atoms with van der Waals surface area (Å²) in [5.41, 5.74) is 2.78. The second kappa shape index (κ2) is 6.77. The number of morpholine rings is 1. The lowest BCUT2D eigenvalue weighted by molar-refractivity contribution is -0.121. The van der Waals surface area contributed by atoms with Crippen molar-refractivity contribution >= 4 is 23.2 Å². The van der Waals surface area contributed by atoms with E-state index in [9.17, 15) is 4.79 Å². The molecule has 1 aliphatic heterocycles. The van der Waals surface area contributed by atoms with E-state index in [1.807, 2.05) is 39.8 Å². The number of carbonyl (C=O) groups excluding carboxylic acids is 1. The van der Waals surface area contributed by atoms with Gasteiger partial charge in [0.25, 0.3) is 0 Å². The number of carbonyl (C=O) groups is 1. The van der Waals surface area contributed by atoms with Gasteiger partial charge in [-0.3, -0.25) is 9.69 Å². The van der Waals surface area contributed by atoms with Crippen LogP contribution >= 0.6 is 11.6 Å². The van der Waals surface area contributed by atoms with Gasteiger partial charge in [-0.2, -0.15) is 0 Å². The quantitative estimate of drug-likeness (QED) is 0.933. The van der Waals surface area contributed by atoms with Crippen LogP contribution in [-0.4, -0.2) is 42.6 Å². The maximum absolute atomic E-state index is 12.2. The summed E-state index contributed by atoms with van der Waals surface area (Å²) in [5.74, 6) is -0.0369. The molecule has 21 heavy (non-hydrogen) atoms. The van der Waals surface area contributed by atoms with E-state index in [1.165, 1.54) is 0 Å². The molecule has 1 heterocycles. The highest BCUT2D eigenvalue weighted by Crippen LogP contribution is 2.27. The van der Waals surface area contributed by atoms with Gasteiger partial charge in [-0.15, -0.1) is 0 Å². The van der Waals surface area contributed by atoms with Crippen LogP contribution in [0.15, 0.2) is 12.1 Å². The van der Waals surface area contributed by atoms with Gasteiger partial charge in [-0.05, 0) is 44.9 Å². The van der Waals surface area contributed by atoms with E-state index in [2.05, 4.69) is 10.2 Å². The lowest BCUT2D eigenvalue weighted by Gasteiger charge is -2.34. The van der Waals surface area contributed by atoms with Gasteiger partial charge in [0.1, 0.15) is 0 Å². The van der Waals surface area contributed by atoms with Crippen molar-refractivity contribution in [3.05, 3.63) is 28.3 Å². The summed E-state index contributed by atoms with van der Waals surface area (Å²) in [6, 6.07) is 3.88. The van der Waals surface area contributed by atoms with Gasteiger partial charge in [0.2, 0.25) is 5.91 Å². The van der Waals surface area contributed by atoms with E-state index < -0.39 is 0 Å². The fraction of sp³-hybridized carbons (Fsp3) is 0.562. The molecule has 0 unspecified atom stereocenters. The molecule has 0 bridgehead atoms. The second-order valence-corrected chi connectivity index (χ2v) is 6.35. The lowest BCUT2D eigenvalue weighted by Crippen LogP contribution is -2.48. The number of halogens is 1. The van der Waals surface area contributed by atoms with Crippen molar-refractivity contribution in [3.8, 4) is 0 Å². The van der Waals surface area contributed by atoms with Gasteiger partial charge in [0, 0.05) is 13.1 Å². The standard InChI is InChI=1S/C16H23ClN2O2/c1-10-5-11(2)16(14(17)6-10)18-15(20)9-19-7-12(3)21-13(4)8-19/h5-6,12-13H,7-9H2,1-4H3,(H,18,20)/t12-,13-/m0/s1. The first-order chi connectivity index (χ1) is 9.85. The van der Waals surface area contributed by atoms with Crippen LogP contribution in [0.2, 0.25) is 5.02 Å². The molecule has 116 valence electrons. The second-order valence-electron chi connectivity index (χ2n) is 5.94. The minimum Gasteiger partial charge on any atom is -0.373 e. The number of hydrogen-bond donors (Lipinski definition) is 1. The molecule has 0 saturated carbocycles. The van der Waals surface area contributed by atoms with Crippen LogP contribution in [0, 0.1) is 13.8 Å². The van der Waals surface area contributed by atoms with Crippen LogP contribution in [0.1, 0.15) is 25.0 Å². The summed E-state index contributed by atoms with van der Waals surface area (Å²) in [6.07, 6.45) is 0.317. The summed E-state index contributed by atoms with van der Waals surface area (Å²) in [6.45, 7) is 9.91. The molecule has 1 aliphatic rings. The molecule has 0 radical (unpaired) electrons. The third-order valence-electron chi connectivity index (χ3n) is 3.56. The fourth-order valence-corrected chi connectivity index (χ4v) is 3.24. The highest BCUT2D eigenvalue weighted by molar-refractivity contribution is 6.34. The zero-order chi connectivity index (χ0) is 15.6. The van der Waals surface area contributed by atoms with Crippen molar-refractivity contribution < 1.29 is 9.53 Å². The number of hydrogen-bond acceptors (Lipinski definition) is 3. The molecule has 4 nitrogen and oxygen atoms in total. The van der Waals surface area contributed by atoms with Crippen LogP contribution in [0.3, 0.4) is 0 Å². The van der Waals surface area contributed by atoms with Crippen molar-refractivity contribution in [2.24, 2.45) is 0 Å². The number of anilines is 1. The van der Waals surface area contributed by atoms with E-state index in [-0.39, 0.29) is 18.1 Å². The summed E-state index contributed by atoms with van der Waals surface area (Å²) >= 11 is 6.22. The molecule has 5 heteroatoms. The van der Waals surface area contributed by atoms with Gasteiger partial charge in [-0.1, -0.05) is 17.7 Å². The summed E-state index contributed by atoms with van der Waals surface area (Å²) in [5, 5.41) is 3.52. The Morgan fingerprint density at radius 1 is 1.33 bits per heavy atom. The molecule has 1 aromatic carbocycles. The SMILES string of the molecule is Cc1cc(C)c(NC(=O)CN2C[C@H](C)O[C@@H](C)C2)c(Cl)c1. The normalized spacial score (nSPS) is 23.1. The van der Waals surface area contributed by atoms with E-state index in [4.69, 9.17) is 16.3 Å². The Kier molecular flexibility index (Phi) is 5.25. The van der Waals surface area contributed by atoms with Crippen LogP contribution < -0.4 is 5.32 Å². The first-order valence-corrected chi connectivity index (χ1v) is 7.67. The Hall–Kier alpha value is -1.10. The number of nitrogens with zero attached hydrogens (tertiary/aromatic N) is 1. The maximum atomic E-state index is 12.2. The van der Waals surface area contributed by atoms with Crippen LogP contribution in [-0.2, 0) is 9.53 Å². The summed E-state index contributed by atoms with van der Waals surface area (Å²) in [7, 11) is 0. The van der Waals surface area contributed by atoms with E-state index >= 15 is 0 Å². The number of rotatable bonds is 3. The molecule has 1 fully saturated rings. The molecular weight excluding hydrogens is 288 g/mol. The van der Waals surface area contributed by atoms with Gasteiger partial charge in [-0.25, -0.2) is 0 Å². The maximum Gasteiger partial charge on any atom is 0.238 e. The zero-order valence-electron chi connectivity index (χ0n) is 13.1. The van der Waals surface area contributed by atoms with Crippen molar-refractivity contribution in [2.75, 3.05) is 25.0 Å². The lowest BCUT2D eigenvalue weighted by atomic mass is 10.1. The van der Waals surface area contributed by atoms with Crippen LogP contribution in [0.25, 0.3) is 0 Å². The van der Waals surface area contributed by atoms with Crippen molar-refractivity contribution in [2.45, 2.75) is 39.9 Å². The average Bonchev–Trinajstić information content (AvgIpc) is 2.32. The zero-order valence-corrected chi connectivity index (χ0v) is 13.8. The van der Waals surface area contributed by atoms with Crippen molar-refractivity contribution in [1.29, 1.82) is 0 Å². The van der Waals surface area contributed by atoms with Crippen LogP contribution in [0.4, 0.5) is 5.69 Å². The smallest absolute Gasteiger partial charge is 0.238 e. The molecule has 1 saturated heterocycles. The molecular formula is C16H23ClN2O2. The number of nitrogens with one attached hydrogen (secondary N) is 1. The third-order valence-corrected chi connectivity index (χ3v) is 3.86. The first-order valence-electron chi connectivity index (χ1n) is 7.29. The Morgan fingerprint density at radius 2 is 1.95 bits per heavy atom. The molecule has 1 N–H and O–H groups in total. The highest BCUT2D eigenvalue weighted by atomic mass is 35.5. The molecule has 1 aromatic rings.